The van der Waals surface area contributed by atoms with E-state index in [2.05, 4.69) is 32.2 Å². The molecule has 0 heterocycles. The minimum atomic E-state index is 0.565. The maximum atomic E-state index is 5.87. The van der Waals surface area contributed by atoms with Gasteiger partial charge in [-0.3, -0.25) is 0 Å². The molecule has 15 heavy (non-hydrogen) atoms. The van der Waals surface area contributed by atoms with Crippen LogP contribution in [-0.2, 0) is 0 Å². The Balaban J connectivity index is 2.74. The largest absolute Gasteiger partial charge is 0.398 e. The summed E-state index contributed by atoms with van der Waals surface area (Å²) in [5, 5.41) is 3.56. The van der Waals surface area contributed by atoms with Crippen LogP contribution >= 0.6 is 0 Å². The molecule has 1 unspecified atom stereocenters. The van der Waals surface area contributed by atoms with E-state index in [1.54, 1.807) is 0 Å². The molecule has 1 rings (SSSR count). The van der Waals surface area contributed by atoms with Crippen molar-refractivity contribution < 1.29 is 0 Å². The van der Waals surface area contributed by atoms with Crippen LogP contribution in [0.3, 0.4) is 0 Å². The second kappa shape index (κ2) is 5.64. The molecule has 0 aromatic heterocycles. The molecule has 0 spiro atoms. The molecule has 0 amide bonds. The molecule has 1 atom stereocenters. The highest BCUT2D eigenvalue weighted by atomic mass is 14.9. The normalized spacial score (nSPS) is 12.5. The summed E-state index contributed by atoms with van der Waals surface area (Å²) in [7, 11) is 0. The molecule has 0 fully saturated rings. The topological polar surface area (TPSA) is 38.0 Å². The molecule has 0 bridgehead atoms. The molecule has 2 nitrogen and oxygen atoms in total. The van der Waals surface area contributed by atoms with Crippen LogP contribution in [0.2, 0.25) is 0 Å². The first-order valence-corrected chi connectivity index (χ1v) is 5.80. The fourth-order valence-corrected chi connectivity index (χ4v) is 1.76. The van der Waals surface area contributed by atoms with E-state index in [1.807, 2.05) is 12.1 Å². The maximum absolute atomic E-state index is 5.87. The zero-order valence-electron chi connectivity index (χ0n) is 10.0. The average molecular weight is 206 g/mol. The molecule has 2 heteroatoms. The molecule has 84 valence electrons. The number of nitrogens with one attached hydrogen (secondary N) is 1. The molecule has 0 radical (unpaired) electrons. The van der Waals surface area contributed by atoms with Gasteiger partial charge in [0.1, 0.15) is 0 Å². The van der Waals surface area contributed by atoms with Gasteiger partial charge < -0.3 is 11.1 Å². The lowest BCUT2D eigenvalue weighted by atomic mass is 10.1. The summed E-state index contributed by atoms with van der Waals surface area (Å²) in [6.07, 6.45) is 3.58. The monoisotopic (exact) mass is 206 g/mol. The molecule has 0 saturated heterocycles. The van der Waals surface area contributed by atoms with Crippen LogP contribution < -0.4 is 11.1 Å². The molecule has 1 aromatic rings. The van der Waals surface area contributed by atoms with Gasteiger partial charge in [-0.2, -0.15) is 0 Å². The lowest BCUT2D eigenvalue weighted by Crippen LogP contribution is -2.18. The number of benzene rings is 1. The van der Waals surface area contributed by atoms with Crippen molar-refractivity contribution in [2.75, 3.05) is 11.1 Å². The van der Waals surface area contributed by atoms with Gasteiger partial charge in [0.15, 0.2) is 0 Å². The number of hydrogen-bond acceptors (Lipinski definition) is 2. The van der Waals surface area contributed by atoms with Crippen molar-refractivity contribution in [3.63, 3.8) is 0 Å². The van der Waals surface area contributed by atoms with E-state index in [0.717, 1.165) is 17.7 Å². The van der Waals surface area contributed by atoms with E-state index in [9.17, 15) is 0 Å². The minimum absolute atomic E-state index is 0.565. The van der Waals surface area contributed by atoms with Crippen LogP contribution in [-0.4, -0.2) is 6.04 Å². The maximum Gasteiger partial charge on any atom is 0.0392 e. The standard InChI is InChI=1S/C13H22N2/c1-4-7-11(5-2)15-13-9-6-8-12(14)10(13)3/h6,8-9,11,15H,4-5,7,14H2,1-3H3. The summed E-state index contributed by atoms with van der Waals surface area (Å²) in [5.41, 5.74) is 9.07. The average Bonchev–Trinajstić information content (AvgIpc) is 2.24. The highest BCUT2D eigenvalue weighted by molar-refractivity contribution is 5.63. The van der Waals surface area contributed by atoms with E-state index >= 15 is 0 Å². The molecule has 1 aromatic carbocycles. The van der Waals surface area contributed by atoms with Crippen LogP contribution in [0.15, 0.2) is 18.2 Å². The number of nitrogens with two attached hydrogens (primary N) is 1. The highest BCUT2D eigenvalue weighted by Gasteiger charge is 2.07. The quantitative estimate of drug-likeness (QED) is 0.723. The summed E-state index contributed by atoms with van der Waals surface area (Å²) in [4.78, 5) is 0. The van der Waals surface area contributed by atoms with Crippen molar-refractivity contribution >= 4 is 11.4 Å². The Morgan fingerprint density at radius 2 is 2.07 bits per heavy atom. The van der Waals surface area contributed by atoms with Crippen molar-refractivity contribution in [2.24, 2.45) is 0 Å². The molecule has 3 N–H and O–H groups in total. The first-order chi connectivity index (χ1) is 7.19. The predicted molar refractivity (Wildman–Crippen MR) is 68.2 cm³/mol. The second-order valence-corrected chi connectivity index (χ2v) is 4.06. The third-order valence-corrected chi connectivity index (χ3v) is 2.87. The summed E-state index contributed by atoms with van der Waals surface area (Å²) < 4.78 is 0. The fraction of sp³-hybridized carbons (Fsp3) is 0.538. The number of hydrogen-bond donors (Lipinski definition) is 2. The van der Waals surface area contributed by atoms with E-state index < -0.39 is 0 Å². The Kier molecular flexibility index (Phi) is 4.47. The Morgan fingerprint density at radius 3 is 2.67 bits per heavy atom. The molecule has 0 aliphatic carbocycles. The smallest absolute Gasteiger partial charge is 0.0392 e. The SMILES string of the molecule is CCCC(CC)Nc1cccc(N)c1C. The first-order valence-electron chi connectivity index (χ1n) is 5.80. The predicted octanol–water partition coefficient (Wildman–Crippen LogP) is 3.57. The van der Waals surface area contributed by atoms with Crippen molar-refractivity contribution in [2.45, 2.75) is 46.1 Å². The van der Waals surface area contributed by atoms with Crippen LogP contribution in [0.25, 0.3) is 0 Å². The van der Waals surface area contributed by atoms with Gasteiger partial charge in [-0.05, 0) is 37.5 Å². The van der Waals surface area contributed by atoms with Gasteiger partial charge in [0.2, 0.25) is 0 Å². The zero-order chi connectivity index (χ0) is 11.3. The molecule has 0 aliphatic heterocycles. The van der Waals surface area contributed by atoms with Crippen LogP contribution in [0, 0.1) is 6.92 Å². The summed E-state index contributed by atoms with van der Waals surface area (Å²) >= 11 is 0. The Labute approximate surface area is 92.9 Å². The van der Waals surface area contributed by atoms with E-state index in [0.29, 0.717) is 6.04 Å². The van der Waals surface area contributed by atoms with E-state index in [-0.39, 0.29) is 0 Å². The van der Waals surface area contributed by atoms with Crippen LogP contribution in [0.1, 0.15) is 38.7 Å². The number of anilines is 2. The Hall–Kier alpha value is -1.18. The Morgan fingerprint density at radius 1 is 1.33 bits per heavy atom. The van der Waals surface area contributed by atoms with Gasteiger partial charge in [-0.25, -0.2) is 0 Å². The third-order valence-electron chi connectivity index (χ3n) is 2.87. The molecular weight excluding hydrogens is 184 g/mol. The van der Waals surface area contributed by atoms with Crippen molar-refractivity contribution in [1.29, 1.82) is 0 Å². The fourth-order valence-electron chi connectivity index (χ4n) is 1.76. The lowest BCUT2D eigenvalue weighted by molar-refractivity contribution is 0.622. The molecule has 0 saturated carbocycles. The molecular formula is C13H22N2. The van der Waals surface area contributed by atoms with Crippen LogP contribution in [0.4, 0.5) is 11.4 Å². The third kappa shape index (κ3) is 3.15. The van der Waals surface area contributed by atoms with Gasteiger partial charge in [0.25, 0.3) is 0 Å². The van der Waals surface area contributed by atoms with Gasteiger partial charge >= 0.3 is 0 Å². The van der Waals surface area contributed by atoms with Crippen LogP contribution in [0.5, 0.6) is 0 Å². The highest BCUT2D eigenvalue weighted by Crippen LogP contribution is 2.22. The summed E-state index contributed by atoms with van der Waals surface area (Å²) in [6.45, 7) is 6.50. The van der Waals surface area contributed by atoms with E-state index in [4.69, 9.17) is 5.73 Å². The Bertz CT molecular complexity index is 307. The van der Waals surface area contributed by atoms with Crippen molar-refractivity contribution in [1.82, 2.24) is 0 Å². The van der Waals surface area contributed by atoms with Gasteiger partial charge in [0.05, 0.1) is 0 Å². The van der Waals surface area contributed by atoms with Crippen molar-refractivity contribution in [3.05, 3.63) is 23.8 Å². The summed E-state index contributed by atoms with van der Waals surface area (Å²) in [5.74, 6) is 0. The minimum Gasteiger partial charge on any atom is -0.398 e. The van der Waals surface area contributed by atoms with Gasteiger partial charge in [0, 0.05) is 17.4 Å². The van der Waals surface area contributed by atoms with E-state index in [1.165, 1.54) is 18.5 Å². The van der Waals surface area contributed by atoms with Gasteiger partial charge in [-0.1, -0.05) is 26.3 Å². The van der Waals surface area contributed by atoms with Gasteiger partial charge in [-0.15, -0.1) is 0 Å². The lowest BCUT2D eigenvalue weighted by Gasteiger charge is -2.19. The number of rotatable bonds is 5. The zero-order valence-corrected chi connectivity index (χ0v) is 10.0. The van der Waals surface area contributed by atoms with Crippen molar-refractivity contribution in [3.8, 4) is 0 Å². The summed E-state index contributed by atoms with van der Waals surface area (Å²) in [6, 6.07) is 6.62. The second-order valence-electron chi connectivity index (χ2n) is 4.06. The first kappa shape index (κ1) is 11.9. The molecule has 0 aliphatic rings. The number of nitrogen functional groups attached to an aromatic ring is 1.